The number of hydrogen-bond donors (Lipinski definition) is 2. The van der Waals surface area contributed by atoms with Crippen molar-refractivity contribution in [3.05, 3.63) is 58.6 Å². The second-order valence-corrected chi connectivity index (χ2v) is 6.97. The van der Waals surface area contributed by atoms with E-state index >= 15 is 0 Å². The van der Waals surface area contributed by atoms with Gasteiger partial charge in [-0.15, -0.1) is 0 Å². The van der Waals surface area contributed by atoms with Crippen LogP contribution < -0.4 is 10.5 Å². The molecule has 0 aliphatic carbocycles. The summed E-state index contributed by atoms with van der Waals surface area (Å²) in [5.74, 6) is 0. The molecule has 0 unspecified atom stereocenters. The van der Waals surface area contributed by atoms with Crippen LogP contribution in [0.15, 0.2) is 47.4 Å². The monoisotopic (exact) mass is 324 g/mol. The van der Waals surface area contributed by atoms with Gasteiger partial charge in [-0.3, -0.25) is 0 Å². The quantitative estimate of drug-likeness (QED) is 0.831. The van der Waals surface area contributed by atoms with Crippen LogP contribution in [0.5, 0.6) is 0 Å². The van der Waals surface area contributed by atoms with Gasteiger partial charge in [-0.05, 0) is 48.7 Å². The minimum absolute atomic E-state index is 0.215. The summed E-state index contributed by atoms with van der Waals surface area (Å²) in [7, 11) is -3.55. The van der Waals surface area contributed by atoms with Crippen molar-refractivity contribution in [2.75, 3.05) is 12.3 Å². The predicted molar refractivity (Wildman–Crippen MR) is 85.9 cm³/mol. The molecule has 0 spiro atoms. The van der Waals surface area contributed by atoms with Gasteiger partial charge in [-0.2, -0.15) is 0 Å². The first-order valence-corrected chi connectivity index (χ1v) is 8.35. The van der Waals surface area contributed by atoms with Crippen molar-refractivity contribution in [3.8, 4) is 0 Å². The molecule has 0 atom stereocenters. The maximum Gasteiger partial charge on any atom is 0.240 e. The fraction of sp³-hybridized carbons (Fsp3) is 0.200. The number of nitrogens with two attached hydrogens (primary N) is 1. The molecule has 0 bridgehead atoms. The van der Waals surface area contributed by atoms with Crippen LogP contribution in [-0.4, -0.2) is 15.0 Å². The van der Waals surface area contributed by atoms with Crippen LogP contribution in [0, 0.1) is 6.92 Å². The second kappa shape index (κ2) is 6.47. The SMILES string of the molecule is Cc1ccc(Cl)cc1S(=O)(=O)NCCc1ccc(N)cc1. The largest absolute Gasteiger partial charge is 0.399 e. The summed E-state index contributed by atoms with van der Waals surface area (Å²) in [6, 6.07) is 12.2. The number of sulfonamides is 1. The first-order valence-electron chi connectivity index (χ1n) is 6.49. The molecule has 0 fully saturated rings. The summed E-state index contributed by atoms with van der Waals surface area (Å²) < 4.78 is 27.1. The fourth-order valence-electron chi connectivity index (χ4n) is 1.96. The second-order valence-electron chi connectivity index (χ2n) is 4.80. The van der Waals surface area contributed by atoms with Gasteiger partial charge in [0.25, 0.3) is 0 Å². The highest BCUT2D eigenvalue weighted by Crippen LogP contribution is 2.19. The highest BCUT2D eigenvalue weighted by atomic mass is 35.5. The van der Waals surface area contributed by atoms with Crippen LogP contribution in [0.2, 0.25) is 5.02 Å². The molecule has 0 aliphatic rings. The van der Waals surface area contributed by atoms with Gasteiger partial charge in [-0.25, -0.2) is 13.1 Å². The number of hydrogen-bond acceptors (Lipinski definition) is 3. The van der Waals surface area contributed by atoms with E-state index in [9.17, 15) is 8.42 Å². The molecule has 2 aromatic carbocycles. The lowest BCUT2D eigenvalue weighted by molar-refractivity contribution is 0.581. The molecule has 0 saturated carbocycles. The topological polar surface area (TPSA) is 72.2 Å². The molecule has 3 N–H and O–H groups in total. The fourth-order valence-corrected chi connectivity index (χ4v) is 3.49. The third-order valence-corrected chi connectivity index (χ3v) is 4.96. The van der Waals surface area contributed by atoms with Crippen molar-refractivity contribution in [1.82, 2.24) is 4.72 Å². The molecular formula is C15H17ClN2O2S. The summed E-state index contributed by atoms with van der Waals surface area (Å²) in [5.41, 5.74) is 7.99. The molecule has 0 aromatic heterocycles. The van der Waals surface area contributed by atoms with E-state index in [4.69, 9.17) is 17.3 Å². The van der Waals surface area contributed by atoms with E-state index in [1.165, 1.54) is 6.07 Å². The number of nitrogens with one attached hydrogen (secondary N) is 1. The Morgan fingerprint density at radius 2 is 1.81 bits per heavy atom. The molecule has 2 aromatic rings. The van der Waals surface area contributed by atoms with Gasteiger partial charge < -0.3 is 5.73 Å². The van der Waals surface area contributed by atoms with Crippen molar-refractivity contribution >= 4 is 27.3 Å². The van der Waals surface area contributed by atoms with Crippen molar-refractivity contribution in [1.29, 1.82) is 0 Å². The van der Waals surface area contributed by atoms with E-state index in [2.05, 4.69) is 4.72 Å². The Labute approximate surface area is 130 Å². The van der Waals surface area contributed by atoms with E-state index < -0.39 is 10.0 Å². The molecule has 0 saturated heterocycles. The zero-order valence-electron chi connectivity index (χ0n) is 11.6. The summed E-state index contributed by atoms with van der Waals surface area (Å²) in [6.07, 6.45) is 0.596. The number of benzene rings is 2. The van der Waals surface area contributed by atoms with E-state index in [0.717, 1.165) is 5.56 Å². The normalized spacial score (nSPS) is 11.5. The lowest BCUT2D eigenvalue weighted by Gasteiger charge is -2.10. The van der Waals surface area contributed by atoms with Crippen LogP contribution in [0.1, 0.15) is 11.1 Å². The van der Waals surface area contributed by atoms with Crippen LogP contribution in [-0.2, 0) is 16.4 Å². The number of aryl methyl sites for hydroxylation is 1. The zero-order chi connectivity index (χ0) is 15.5. The molecule has 0 radical (unpaired) electrons. The highest BCUT2D eigenvalue weighted by molar-refractivity contribution is 7.89. The average molecular weight is 325 g/mol. The van der Waals surface area contributed by atoms with Gasteiger partial charge in [0.2, 0.25) is 10.0 Å². The van der Waals surface area contributed by atoms with Gasteiger partial charge in [0.1, 0.15) is 0 Å². The number of nitrogen functional groups attached to an aromatic ring is 1. The minimum atomic E-state index is -3.55. The standard InChI is InChI=1S/C15H17ClN2O2S/c1-11-2-5-13(16)10-15(11)21(19,20)18-9-8-12-3-6-14(17)7-4-12/h2-7,10,18H,8-9,17H2,1H3. The van der Waals surface area contributed by atoms with E-state index in [1.807, 2.05) is 12.1 Å². The lowest BCUT2D eigenvalue weighted by Crippen LogP contribution is -2.26. The Hall–Kier alpha value is -1.56. The number of rotatable bonds is 5. The highest BCUT2D eigenvalue weighted by Gasteiger charge is 2.16. The molecule has 0 aliphatic heterocycles. The van der Waals surface area contributed by atoms with E-state index in [0.29, 0.717) is 29.2 Å². The van der Waals surface area contributed by atoms with E-state index in [1.54, 1.807) is 31.2 Å². The number of halogens is 1. The first kappa shape index (κ1) is 15.8. The Morgan fingerprint density at radius 1 is 1.14 bits per heavy atom. The third kappa shape index (κ3) is 4.20. The van der Waals surface area contributed by atoms with Crippen LogP contribution >= 0.6 is 11.6 Å². The molecule has 112 valence electrons. The van der Waals surface area contributed by atoms with Crippen molar-refractivity contribution in [2.45, 2.75) is 18.2 Å². The number of anilines is 1. The molecule has 6 heteroatoms. The Bertz CT molecular complexity index is 728. The van der Waals surface area contributed by atoms with Crippen molar-refractivity contribution in [3.63, 3.8) is 0 Å². The summed E-state index contributed by atoms with van der Waals surface area (Å²) in [5, 5.41) is 0.402. The van der Waals surface area contributed by atoms with Gasteiger partial charge in [0.05, 0.1) is 4.90 Å². The smallest absolute Gasteiger partial charge is 0.240 e. The predicted octanol–water partition coefficient (Wildman–Crippen LogP) is 2.75. The molecule has 4 nitrogen and oxygen atoms in total. The molecule has 0 amide bonds. The molecule has 0 heterocycles. The molecule has 2 rings (SSSR count). The average Bonchev–Trinajstić information content (AvgIpc) is 2.43. The van der Waals surface area contributed by atoms with Gasteiger partial charge in [-0.1, -0.05) is 29.8 Å². The van der Waals surface area contributed by atoms with Crippen LogP contribution in [0.3, 0.4) is 0 Å². The van der Waals surface area contributed by atoms with Crippen LogP contribution in [0.4, 0.5) is 5.69 Å². The third-order valence-electron chi connectivity index (χ3n) is 3.13. The maximum absolute atomic E-state index is 12.3. The first-order chi connectivity index (χ1) is 9.88. The van der Waals surface area contributed by atoms with Gasteiger partial charge in [0.15, 0.2) is 0 Å². The Morgan fingerprint density at radius 3 is 2.48 bits per heavy atom. The molecular weight excluding hydrogens is 308 g/mol. The van der Waals surface area contributed by atoms with Gasteiger partial charge >= 0.3 is 0 Å². The van der Waals surface area contributed by atoms with Gasteiger partial charge in [0, 0.05) is 17.3 Å². The molecule has 21 heavy (non-hydrogen) atoms. The lowest BCUT2D eigenvalue weighted by atomic mass is 10.1. The maximum atomic E-state index is 12.3. The van der Waals surface area contributed by atoms with Crippen molar-refractivity contribution in [2.24, 2.45) is 0 Å². The minimum Gasteiger partial charge on any atom is -0.399 e. The Balaban J connectivity index is 2.04. The summed E-state index contributed by atoms with van der Waals surface area (Å²) in [4.78, 5) is 0.215. The Kier molecular flexibility index (Phi) is 4.88. The van der Waals surface area contributed by atoms with E-state index in [-0.39, 0.29) is 4.90 Å². The zero-order valence-corrected chi connectivity index (χ0v) is 13.2. The van der Waals surface area contributed by atoms with Crippen LogP contribution in [0.25, 0.3) is 0 Å². The van der Waals surface area contributed by atoms with Crippen molar-refractivity contribution < 1.29 is 8.42 Å². The summed E-state index contributed by atoms with van der Waals surface area (Å²) >= 11 is 5.86. The summed E-state index contributed by atoms with van der Waals surface area (Å²) in [6.45, 7) is 2.06.